The van der Waals surface area contributed by atoms with Gasteiger partial charge < -0.3 is 9.84 Å². The van der Waals surface area contributed by atoms with E-state index in [2.05, 4.69) is 13.8 Å². The number of esters is 1. The van der Waals surface area contributed by atoms with Crippen molar-refractivity contribution in [3.63, 3.8) is 0 Å². The second-order valence-corrected chi connectivity index (χ2v) is 5.63. The van der Waals surface area contributed by atoms with Gasteiger partial charge in [-0.25, -0.2) is 0 Å². The van der Waals surface area contributed by atoms with E-state index < -0.39 is 0 Å². The molecule has 2 fully saturated rings. The number of aliphatic hydroxyl groups excluding tert-OH is 1. The SMILES string of the molecule is CC(C)C1CC2CC1CC2C(=O)OCCO. The summed E-state index contributed by atoms with van der Waals surface area (Å²) in [6.07, 6.45) is 3.42. The van der Waals surface area contributed by atoms with E-state index in [-0.39, 0.29) is 25.1 Å². The van der Waals surface area contributed by atoms with Gasteiger partial charge in [0.2, 0.25) is 0 Å². The van der Waals surface area contributed by atoms with Crippen LogP contribution in [-0.4, -0.2) is 24.3 Å². The number of ether oxygens (including phenoxy) is 1. The number of carbonyl (C=O) groups excluding carboxylic acids is 1. The number of fused-ring (bicyclic) bond motifs is 2. The standard InChI is InChI=1S/C13H22O3/c1-8(2)11-6-10-5-9(11)7-12(10)13(15)16-4-3-14/h8-12,14H,3-7H2,1-2H3. The summed E-state index contributed by atoms with van der Waals surface area (Å²) in [5, 5.41) is 8.63. The van der Waals surface area contributed by atoms with E-state index in [1.165, 1.54) is 12.8 Å². The smallest absolute Gasteiger partial charge is 0.309 e. The largest absolute Gasteiger partial charge is 0.463 e. The molecule has 0 radical (unpaired) electrons. The van der Waals surface area contributed by atoms with Crippen LogP contribution in [0.5, 0.6) is 0 Å². The minimum atomic E-state index is -0.0799. The van der Waals surface area contributed by atoms with Crippen molar-refractivity contribution in [2.75, 3.05) is 13.2 Å². The third-order valence-corrected chi connectivity index (χ3v) is 4.41. The molecule has 2 saturated carbocycles. The molecule has 0 aromatic rings. The Labute approximate surface area is 97.2 Å². The van der Waals surface area contributed by atoms with E-state index in [4.69, 9.17) is 9.84 Å². The Hall–Kier alpha value is -0.570. The highest BCUT2D eigenvalue weighted by atomic mass is 16.5. The van der Waals surface area contributed by atoms with E-state index in [0.717, 1.165) is 24.2 Å². The molecule has 3 heteroatoms. The maximum atomic E-state index is 11.7. The molecule has 0 heterocycles. The van der Waals surface area contributed by atoms with Crippen LogP contribution in [0.3, 0.4) is 0 Å². The highest BCUT2D eigenvalue weighted by Gasteiger charge is 2.49. The van der Waals surface area contributed by atoms with Crippen molar-refractivity contribution in [3.8, 4) is 0 Å². The van der Waals surface area contributed by atoms with Crippen LogP contribution in [-0.2, 0) is 9.53 Å². The van der Waals surface area contributed by atoms with Gasteiger partial charge in [-0.2, -0.15) is 0 Å². The summed E-state index contributed by atoms with van der Waals surface area (Å²) in [4.78, 5) is 11.7. The van der Waals surface area contributed by atoms with Gasteiger partial charge in [-0.1, -0.05) is 13.8 Å². The fourth-order valence-electron chi connectivity index (χ4n) is 3.68. The minimum Gasteiger partial charge on any atom is -0.463 e. The maximum Gasteiger partial charge on any atom is 0.309 e. The molecule has 2 aliphatic carbocycles. The Kier molecular flexibility index (Phi) is 3.53. The van der Waals surface area contributed by atoms with Crippen LogP contribution in [0.2, 0.25) is 0 Å². The van der Waals surface area contributed by atoms with Crippen LogP contribution < -0.4 is 0 Å². The molecule has 0 aromatic carbocycles. The molecule has 0 aliphatic heterocycles. The summed E-state index contributed by atoms with van der Waals surface area (Å²) in [6, 6.07) is 0. The Morgan fingerprint density at radius 1 is 1.31 bits per heavy atom. The highest BCUT2D eigenvalue weighted by Crippen LogP contribution is 2.54. The molecule has 2 bridgehead atoms. The van der Waals surface area contributed by atoms with Gasteiger partial charge in [0.25, 0.3) is 0 Å². The van der Waals surface area contributed by atoms with E-state index >= 15 is 0 Å². The summed E-state index contributed by atoms with van der Waals surface area (Å²) in [6.45, 7) is 4.65. The van der Waals surface area contributed by atoms with Crippen molar-refractivity contribution < 1.29 is 14.6 Å². The molecule has 1 N–H and O–H groups in total. The highest BCUT2D eigenvalue weighted by molar-refractivity contribution is 5.73. The van der Waals surface area contributed by atoms with Gasteiger partial charge in [-0.15, -0.1) is 0 Å². The van der Waals surface area contributed by atoms with E-state index in [1.54, 1.807) is 0 Å². The second-order valence-electron chi connectivity index (χ2n) is 5.63. The van der Waals surface area contributed by atoms with Crippen LogP contribution in [0.1, 0.15) is 33.1 Å². The van der Waals surface area contributed by atoms with Crippen molar-refractivity contribution in [1.29, 1.82) is 0 Å². The first kappa shape index (κ1) is 11.9. The molecule has 92 valence electrons. The summed E-state index contributed by atoms with van der Waals surface area (Å²) < 4.78 is 5.03. The third-order valence-electron chi connectivity index (χ3n) is 4.41. The molecule has 2 rings (SSSR count). The van der Waals surface area contributed by atoms with Gasteiger partial charge in [0.05, 0.1) is 12.5 Å². The van der Waals surface area contributed by atoms with E-state index in [9.17, 15) is 4.79 Å². The summed E-state index contributed by atoms with van der Waals surface area (Å²) in [5.41, 5.74) is 0. The van der Waals surface area contributed by atoms with Crippen molar-refractivity contribution in [1.82, 2.24) is 0 Å². The Bertz CT molecular complexity index is 262. The lowest BCUT2D eigenvalue weighted by molar-refractivity contribution is -0.151. The quantitative estimate of drug-likeness (QED) is 0.744. The number of carbonyl (C=O) groups is 1. The maximum absolute atomic E-state index is 11.7. The predicted octanol–water partition coefficient (Wildman–Crippen LogP) is 1.84. The fourth-order valence-corrected chi connectivity index (χ4v) is 3.68. The molecule has 0 aromatic heterocycles. The van der Waals surface area contributed by atoms with E-state index in [0.29, 0.717) is 5.92 Å². The Morgan fingerprint density at radius 2 is 2.06 bits per heavy atom. The lowest BCUT2D eigenvalue weighted by atomic mass is 9.77. The molecule has 2 aliphatic rings. The average molecular weight is 226 g/mol. The molecule has 0 saturated heterocycles. The third kappa shape index (κ3) is 2.10. The zero-order valence-electron chi connectivity index (χ0n) is 10.2. The topological polar surface area (TPSA) is 46.5 Å². The van der Waals surface area contributed by atoms with Crippen LogP contribution in [0.25, 0.3) is 0 Å². The van der Waals surface area contributed by atoms with Crippen LogP contribution >= 0.6 is 0 Å². The van der Waals surface area contributed by atoms with Gasteiger partial charge in [-0.05, 0) is 42.9 Å². The summed E-state index contributed by atoms with van der Waals surface area (Å²) in [5.74, 6) is 2.87. The van der Waals surface area contributed by atoms with E-state index in [1.807, 2.05) is 0 Å². The predicted molar refractivity (Wildman–Crippen MR) is 60.7 cm³/mol. The van der Waals surface area contributed by atoms with Gasteiger partial charge in [0, 0.05) is 0 Å². The van der Waals surface area contributed by atoms with Gasteiger partial charge >= 0.3 is 5.97 Å². The average Bonchev–Trinajstić information content (AvgIpc) is 2.84. The van der Waals surface area contributed by atoms with Crippen LogP contribution in [0.4, 0.5) is 0 Å². The first-order valence-corrected chi connectivity index (χ1v) is 6.41. The zero-order chi connectivity index (χ0) is 11.7. The Balaban J connectivity index is 1.88. The van der Waals surface area contributed by atoms with Gasteiger partial charge in [0.1, 0.15) is 6.61 Å². The molecular formula is C13H22O3. The summed E-state index contributed by atoms with van der Waals surface area (Å²) >= 11 is 0. The van der Waals surface area contributed by atoms with Crippen molar-refractivity contribution in [2.45, 2.75) is 33.1 Å². The normalized spacial score (nSPS) is 37.0. The number of aliphatic hydroxyl groups is 1. The molecule has 16 heavy (non-hydrogen) atoms. The second kappa shape index (κ2) is 4.74. The van der Waals surface area contributed by atoms with Crippen molar-refractivity contribution in [3.05, 3.63) is 0 Å². The van der Waals surface area contributed by atoms with Crippen LogP contribution in [0, 0.1) is 29.6 Å². The fraction of sp³-hybridized carbons (Fsp3) is 0.923. The molecule has 0 amide bonds. The zero-order valence-corrected chi connectivity index (χ0v) is 10.2. The van der Waals surface area contributed by atoms with Gasteiger partial charge in [-0.3, -0.25) is 4.79 Å². The monoisotopic (exact) mass is 226 g/mol. The molecule has 4 atom stereocenters. The van der Waals surface area contributed by atoms with Crippen LogP contribution in [0.15, 0.2) is 0 Å². The summed E-state index contributed by atoms with van der Waals surface area (Å²) in [7, 11) is 0. The molecule has 4 unspecified atom stereocenters. The minimum absolute atomic E-state index is 0.0683. The molecule has 0 spiro atoms. The first-order chi connectivity index (χ1) is 7.63. The number of rotatable bonds is 4. The lowest BCUT2D eigenvalue weighted by Crippen LogP contribution is -2.28. The Morgan fingerprint density at radius 3 is 2.56 bits per heavy atom. The van der Waals surface area contributed by atoms with Crippen molar-refractivity contribution >= 4 is 5.97 Å². The lowest BCUT2D eigenvalue weighted by Gasteiger charge is -2.29. The number of hydrogen-bond acceptors (Lipinski definition) is 3. The molecule has 3 nitrogen and oxygen atoms in total. The molecular weight excluding hydrogens is 204 g/mol. The first-order valence-electron chi connectivity index (χ1n) is 6.41. The number of hydrogen-bond donors (Lipinski definition) is 1. The van der Waals surface area contributed by atoms with Crippen molar-refractivity contribution in [2.24, 2.45) is 29.6 Å². The van der Waals surface area contributed by atoms with Gasteiger partial charge in [0.15, 0.2) is 0 Å².